The predicted octanol–water partition coefficient (Wildman–Crippen LogP) is 5.34. The summed E-state index contributed by atoms with van der Waals surface area (Å²) < 4.78 is 11.2. The minimum atomic E-state index is -1.41. The van der Waals surface area contributed by atoms with Gasteiger partial charge in [-0.1, -0.05) is 37.1 Å². The lowest BCUT2D eigenvalue weighted by molar-refractivity contribution is -0.714. The molecule has 10 nitrogen and oxygen atoms in total. The Bertz CT molecular complexity index is 1090. The van der Waals surface area contributed by atoms with Crippen LogP contribution in [-0.4, -0.2) is 45.4 Å². The molecule has 35 heavy (non-hydrogen) atoms. The maximum absolute atomic E-state index is 12.6. The van der Waals surface area contributed by atoms with Gasteiger partial charge in [0, 0.05) is 28.3 Å². The second-order valence-electron chi connectivity index (χ2n) is 8.66. The number of rotatable bonds is 9. The van der Waals surface area contributed by atoms with E-state index in [4.69, 9.17) is 30.9 Å². The topological polar surface area (TPSA) is 120 Å². The molecule has 0 spiro atoms. The number of benzene rings is 1. The van der Waals surface area contributed by atoms with Crippen molar-refractivity contribution in [3.8, 4) is 5.75 Å². The summed E-state index contributed by atoms with van der Waals surface area (Å²) >= 11 is 6.07. The monoisotopic (exact) mass is 504 g/mol. The van der Waals surface area contributed by atoms with Crippen LogP contribution in [0, 0.1) is 12.1 Å². The van der Waals surface area contributed by atoms with Crippen molar-refractivity contribution in [2.24, 2.45) is 5.28 Å². The molecule has 2 atom stereocenters. The molecule has 0 saturated carbocycles. The molecule has 0 aliphatic carbocycles. The number of aromatic nitrogens is 1. The van der Waals surface area contributed by atoms with Gasteiger partial charge in [-0.15, -0.1) is 5.01 Å². The van der Waals surface area contributed by atoms with Gasteiger partial charge in [0.05, 0.1) is 29.9 Å². The molecule has 0 unspecified atom stereocenters. The molecule has 3 heterocycles. The van der Waals surface area contributed by atoms with Crippen molar-refractivity contribution in [1.82, 2.24) is 9.99 Å². The fraction of sp³-hybridized carbons (Fsp3) is 0.500. The van der Waals surface area contributed by atoms with E-state index in [-0.39, 0.29) is 18.4 Å². The summed E-state index contributed by atoms with van der Waals surface area (Å²) in [6.45, 7) is 4.89. The number of halogens is 1. The van der Waals surface area contributed by atoms with E-state index in [0.717, 1.165) is 42.5 Å². The summed E-state index contributed by atoms with van der Waals surface area (Å²) in [5.41, 5.74) is 3.50. The summed E-state index contributed by atoms with van der Waals surface area (Å²) in [4.78, 5) is 21.8. The molecule has 1 fully saturated rings. The van der Waals surface area contributed by atoms with Gasteiger partial charge in [-0.2, -0.15) is 0 Å². The molecule has 1 saturated heterocycles. The molecule has 11 heteroatoms. The summed E-state index contributed by atoms with van der Waals surface area (Å²) in [7, 11) is 0. The first-order chi connectivity index (χ1) is 16.9. The third kappa shape index (κ3) is 5.59. The molecule has 0 radical (unpaired) electrons. The Labute approximate surface area is 208 Å². The van der Waals surface area contributed by atoms with Gasteiger partial charge in [-0.3, -0.25) is 4.98 Å². The number of unbranched alkanes of at least 4 members (excludes halogenated alkanes) is 1. The van der Waals surface area contributed by atoms with E-state index in [1.165, 1.54) is 0 Å². The molecule has 1 aromatic carbocycles. The Hall–Kier alpha value is -3.11. The van der Waals surface area contributed by atoms with E-state index in [2.05, 4.69) is 5.28 Å². The third-order valence-corrected chi connectivity index (χ3v) is 6.52. The van der Waals surface area contributed by atoms with Gasteiger partial charge in [0.2, 0.25) is 5.28 Å². The molecule has 2 aliphatic rings. The van der Waals surface area contributed by atoms with Crippen LogP contribution in [0.4, 0.5) is 4.79 Å². The summed E-state index contributed by atoms with van der Waals surface area (Å²) in [5, 5.41) is 27.8. The Morgan fingerprint density at radius 2 is 2.17 bits per heavy atom. The zero-order valence-electron chi connectivity index (χ0n) is 19.8. The van der Waals surface area contributed by atoms with Crippen LogP contribution in [0.2, 0.25) is 5.02 Å². The van der Waals surface area contributed by atoms with Crippen LogP contribution in [0.5, 0.6) is 5.75 Å². The highest BCUT2D eigenvalue weighted by molar-refractivity contribution is 6.30. The fourth-order valence-electron chi connectivity index (χ4n) is 4.63. The predicted molar refractivity (Wildman–Crippen MR) is 126 cm³/mol. The number of aryl methyl sites for hydroxylation is 1. The van der Waals surface area contributed by atoms with Crippen molar-refractivity contribution < 1.29 is 29.2 Å². The van der Waals surface area contributed by atoms with Crippen molar-refractivity contribution in [3.63, 3.8) is 0 Å². The van der Waals surface area contributed by atoms with E-state index in [1.54, 1.807) is 24.1 Å². The number of nitrogens with zero attached hydrogens (tertiary/aromatic N) is 4. The van der Waals surface area contributed by atoms with E-state index in [1.807, 2.05) is 19.1 Å². The van der Waals surface area contributed by atoms with Crippen LogP contribution in [0.25, 0.3) is 0 Å². The summed E-state index contributed by atoms with van der Waals surface area (Å²) in [6.07, 6.45) is 2.01. The van der Waals surface area contributed by atoms with Gasteiger partial charge in [-0.25, -0.2) is 4.79 Å². The highest BCUT2D eigenvalue weighted by Gasteiger charge is 2.37. The van der Waals surface area contributed by atoms with E-state index >= 15 is 0 Å². The lowest BCUT2D eigenvalue weighted by Crippen LogP contribution is -2.37. The Kier molecular flexibility index (Phi) is 7.92. The standard InChI is InChI=1S/C24H29ClN4O6/c1-3-4-12-34-27-29(32)28-11-5-6-18(28)13-20-21-19(22(15(2)26-20)35-24(30)31)14-33-23(21)16-7-9-17(25)10-8-16/h7-10,18,23H,3-6,11-14H2,1-2H3,(H,30,31)/b29-27+/t18-,23-/m0/s1. The normalized spacial score (nSPS) is 19.6. The maximum Gasteiger partial charge on any atom is 0.511 e. The SMILES string of the molecule is CCCCO/N=[N+](/[O-])N1CCC[C@H]1Cc1nc(C)c(OC(=O)O)c2c1[C@H](c1ccc(Cl)cc1)OC2. The molecule has 4 rings (SSSR count). The second-order valence-corrected chi connectivity index (χ2v) is 9.10. The molecule has 2 aliphatic heterocycles. The highest BCUT2D eigenvalue weighted by Crippen LogP contribution is 2.44. The minimum Gasteiger partial charge on any atom is -0.569 e. The smallest absolute Gasteiger partial charge is 0.511 e. The molecule has 2 aromatic rings. The zero-order valence-corrected chi connectivity index (χ0v) is 20.5. The van der Waals surface area contributed by atoms with Crippen molar-refractivity contribution in [2.75, 3.05) is 13.2 Å². The average Bonchev–Trinajstić information content (AvgIpc) is 3.47. The van der Waals surface area contributed by atoms with Gasteiger partial charge < -0.3 is 24.6 Å². The maximum atomic E-state index is 12.6. The van der Waals surface area contributed by atoms with Crippen molar-refractivity contribution in [3.05, 3.63) is 62.6 Å². The van der Waals surface area contributed by atoms with Crippen LogP contribution in [0.1, 0.15) is 66.8 Å². The van der Waals surface area contributed by atoms with Crippen LogP contribution in [-0.2, 0) is 22.6 Å². The Balaban J connectivity index is 1.67. The lowest BCUT2D eigenvalue weighted by Gasteiger charge is -2.23. The van der Waals surface area contributed by atoms with Gasteiger partial charge in [0.15, 0.2) is 5.75 Å². The average molecular weight is 505 g/mol. The molecule has 1 N–H and O–H groups in total. The van der Waals surface area contributed by atoms with E-state index in [0.29, 0.717) is 40.8 Å². The fourth-order valence-corrected chi connectivity index (χ4v) is 4.76. The van der Waals surface area contributed by atoms with Gasteiger partial charge >= 0.3 is 6.16 Å². The van der Waals surface area contributed by atoms with Crippen LogP contribution >= 0.6 is 11.6 Å². The van der Waals surface area contributed by atoms with Crippen LogP contribution in [0.3, 0.4) is 0 Å². The van der Waals surface area contributed by atoms with Crippen molar-refractivity contribution >= 4 is 17.8 Å². The van der Waals surface area contributed by atoms with E-state index < -0.39 is 12.3 Å². The van der Waals surface area contributed by atoms with Gasteiger partial charge in [0.25, 0.3) is 0 Å². The molecular weight excluding hydrogens is 476 g/mol. The number of pyridine rings is 1. The highest BCUT2D eigenvalue weighted by atomic mass is 35.5. The largest absolute Gasteiger partial charge is 0.569 e. The number of hydrogen-bond donors (Lipinski definition) is 1. The van der Waals surface area contributed by atoms with Crippen LogP contribution in [0.15, 0.2) is 29.5 Å². The molecule has 0 amide bonds. The lowest BCUT2D eigenvalue weighted by atomic mass is 9.93. The number of carboxylic acid groups (broad SMARTS) is 1. The third-order valence-electron chi connectivity index (χ3n) is 6.27. The number of hydrogen-bond acceptors (Lipinski definition) is 7. The quantitative estimate of drug-likeness (QED) is 0.160. The zero-order chi connectivity index (χ0) is 24.9. The van der Waals surface area contributed by atoms with E-state index in [9.17, 15) is 15.1 Å². The van der Waals surface area contributed by atoms with Crippen molar-refractivity contribution in [1.29, 1.82) is 0 Å². The molecule has 188 valence electrons. The number of hydrazine groups is 1. The first kappa shape index (κ1) is 25.0. The minimum absolute atomic E-state index is 0.139. The number of ether oxygens (including phenoxy) is 2. The molecular formula is C24H29ClN4O6. The molecule has 0 bridgehead atoms. The molecule has 1 aromatic heterocycles. The number of carbonyl (C=O) groups is 1. The first-order valence-electron chi connectivity index (χ1n) is 11.8. The Morgan fingerprint density at radius 3 is 2.89 bits per heavy atom. The van der Waals surface area contributed by atoms with Crippen molar-refractivity contribution in [2.45, 2.75) is 64.7 Å². The Morgan fingerprint density at radius 1 is 1.40 bits per heavy atom. The van der Waals surface area contributed by atoms with Gasteiger partial charge in [-0.05, 0) is 43.9 Å². The first-order valence-corrected chi connectivity index (χ1v) is 12.1. The summed E-state index contributed by atoms with van der Waals surface area (Å²) in [6, 6.07) is 7.17. The van der Waals surface area contributed by atoms with Gasteiger partial charge in [0.1, 0.15) is 12.7 Å². The summed E-state index contributed by atoms with van der Waals surface area (Å²) in [5.74, 6) is 0.195. The number of fused-ring (bicyclic) bond motifs is 1. The van der Waals surface area contributed by atoms with Crippen LogP contribution < -0.4 is 4.74 Å². The second kappa shape index (κ2) is 11.1.